The van der Waals surface area contributed by atoms with Gasteiger partial charge in [0.05, 0.1) is 16.0 Å². The molecule has 1 heterocycles. The summed E-state index contributed by atoms with van der Waals surface area (Å²) in [6.45, 7) is 0. The molecule has 0 aliphatic carbocycles. The Morgan fingerprint density at radius 3 is 2.16 bits per heavy atom. The number of aromatic hydroxyl groups is 1. The standard InChI is InChI=1S/C18H10N2O5/c21-11-6-4-10(5-7-11)19-17(22)13-3-1-2-12-15(20(24)25)9-8-14(16(12)13)18(19)23/h1-9,21H. The lowest BCUT2D eigenvalue weighted by molar-refractivity contribution is -0.383. The van der Waals surface area contributed by atoms with Gasteiger partial charge in [0.15, 0.2) is 0 Å². The van der Waals surface area contributed by atoms with E-state index in [1.165, 1.54) is 48.5 Å². The molecule has 0 fully saturated rings. The third-order valence-electron chi connectivity index (χ3n) is 4.19. The topological polar surface area (TPSA) is 101 Å². The molecule has 25 heavy (non-hydrogen) atoms. The van der Waals surface area contributed by atoms with Gasteiger partial charge in [-0.15, -0.1) is 0 Å². The predicted octanol–water partition coefficient (Wildman–Crippen LogP) is 3.25. The summed E-state index contributed by atoms with van der Waals surface area (Å²) >= 11 is 0. The molecule has 0 radical (unpaired) electrons. The Bertz CT molecular complexity index is 1050. The second-order valence-corrected chi connectivity index (χ2v) is 5.58. The number of carbonyl (C=O) groups is 2. The highest BCUT2D eigenvalue weighted by Gasteiger charge is 2.35. The van der Waals surface area contributed by atoms with Crippen LogP contribution in [0.4, 0.5) is 11.4 Å². The lowest BCUT2D eigenvalue weighted by atomic mass is 9.93. The molecule has 4 rings (SSSR count). The van der Waals surface area contributed by atoms with Gasteiger partial charge in [-0.1, -0.05) is 6.07 Å². The molecule has 7 nitrogen and oxygen atoms in total. The van der Waals surface area contributed by atoms with Crippen molar-refractivity contribution in [3.8, 4) is 5.75 Å². The first-order chi connectivity index (χ1) is 12.0. The fourth-order valence-corrected chi connectivity index (χ4v) is 3.08. The Morgan fingerprint density at radius 1 is 0.880 bits per heavy atom. The zero-order chi connectivity index (χ0) is 17.7. The number of non-ortho nitro benzene ring substituents is 1. The maximum Gasteiger partial charge on any atom is 0.277 e. The SMILES string of the molecule is O=C1c2cccc3c([N+](=O)[O-])ccc(c23)C(=O)N1c1ccc(O)cc1. The van der Waals surface area contributed by atoms with Crippen molar-refractivity contribution in [2.75, 3.05) is 4.90 Å². The number of benzene rings is 3. The van der Waals surface area contributed by atoms with E-state index in [0.29, 0.717) is 11.1 Å². The Morgan fingerprint density at radius 2 is 1.52 bits per heavy atom. The predicted molar refractivity (Wildman–Crippen MR) is 89.8 cm³/mol. The third-order valence-corrected chi connectivity index (χ3v) is 4.19. The zero-order valence-corrected chi connectivity index (χ0v) is 12.7. The number of nitro benzene ring substituents is 1. The van der Waals surface area contributed by atoms with Crippen molar-refractivity contribution >= 4 is 34.0 Å². The molecule has 122 valence electrons. The first-order valence-corrected chi connectivity index (χ1v) is 7.37. The van der Waals surface area contributed by atoms with E-state index in [1.54, 1.807) is 6.07 Å². The van der Waals surface area contributed by atoms with Crippen molar-refractivity contribution in [2.24, 2.45) is 0 Å². The number of phenolic OH excluding ortho intramolecular Hbond substituents is 1. The molecular weight excluding hydrogens is 324 g/mol. The number of nitrogens with zero attached hydrogens (tertiary/aromatic N) is 2. The minimum absolute atomic E-state index is 0.0128. The smallest absolute Gasteiger partial charge is 0.277 e. The second-order valence-electron chi connectivity index (χ2n) is 5.58. The minimum Gasteiger partial charge on any atom is -0.508 e. The summed E-state index contributed by atoms with van der Waals surface area (Å²) in [6.07, 6.45) is 0. The summed E-state index contributed by atoms with van der Waals surface area (Å²) in [4.78, 5) is 37.4. The lowest BCUT2D eigenvalue weighted by Gasteiger charge is -2.27. The maximum absolute atomic E-state index is 12.9. The summed E-state index contributed by atoms with van der Waals surface area (Å²) in [5, 5.41) is 21.2. The minimum atomic E-state index is -0.561. The van der Waals surface area contributed by atoms with Gasteiger partial charge in [0, 0.05) is 22.6 Å². The summed E-state index contributed by atoms with van der Waals surface area (Å²) in [7, 11) is 0. The Balaban J connectivity index is 1.99. The van der Waals surface area contributed by atoms with Gasteiger partial charge in [-0.25, -0.2) is 4.90 Å². The summed E-state index contributed by atoms with van der Waals surface area (Å²) in [5.41, 5.74) is 0.612. The molecule has 0 atom stereocenters. The van der Waals surface area contributed by atoms with Crippen LogP contribution in [0.25, 0.3) is 10.8 Å². The normalized spacial score (nSPS) is 13.4. The molecule has 1 N–H and O–H groups in total. The maximum atomic E-state index is 12.9. The lowest BCUT2D eigenvalue weighted by Crippen LogP contribution is -2.40. The quantitative estimate of drug-likeness (QED) is 0.440. The van der Waals surface area contributed by atoms with Crippen LogP contribution in [0.15, 0.2) is 54.6 Å². The van der Waals surface area contributed by atoms with Gasteiger partial charge >= 0.3 is 0 Å². The van der Waals surface area contributed by atoms with Crippen LogP contribution in [-0.4, -0.2) is 21.8 Å². The Kier molecular flexibility index (Phi) is 3.04. The van der Waals surface area contributed by atoms with Gasteiger partial charge < -0.3 is 5.11 Å². The number of anilines is 1. The molecule has 0 spiro atoms. The highest BCUT2D eigenvalue weighted by Crippen LogP contribution is 2.37. The van der Waals surface area contributed by atoms with Crippen LogP contribution in [0.5, 0.6) is 5.75 Å². The van der Waals surface area contributed by atoms with E-state index in [4.69, 9.17) is 0 Å². The molecule has 7 heteroatoms. The van der Waals surface area contributed by atoms with E-state index in [2.05, 4.69) is 0 Å². The van der Waals surface area contributed by atoms with Gasteiger partial charge in [-0.2, -0.15) is 0 Å². The van der Waals surface area contributed by atoms with Crippen LogP contribution in [0.2, 0.25) is 0 Å². The monoisotopic (exact) mass is 334 g/mol. The molecule has 3 aromatic rings. The van der Waals surface area contributed by atoms with E-state index in [1.807, 2.05) is 0 Å². The van der Waals surface area contributed by atoms with Crippen molar-refractivity contribution < 1.29 is 19.6 Å². The average molecular weight is 334 g/mol. The number of nitro groups is 1. The van der Waals surface area contributed by atoms with Crippen molar-refractivity contribution in [1.82, 2.24) is 0 Å². The van der Waals surface area contributed by atoms with Crippen molar-refractivity contribution in [2.45, 2.75) is 0 Å². The number of hydrogen-bond donors (Lipinski definition) is 1. The van der Waals surface area contributed by atoms with Crippen LogP contribution < -0.4 is 4.90 Å². The number of amides is 2. The summed E-state index contributed by atoms with van der Waals surface area (Å²) in [6, 6.07) is 12.9. The average Bonchev–Trinajstić information content (AvgIpc) is 2.60. The molecule has 1 aliphatic heterocycles. The van der Waals surface area contributed by atoms with E-state index >= 15 is 0 Å². The highest BCUT2D eigenvalue weighted by molar-refractivity contribution is 6.36. The van der Waals surface area contributed by atoms with Gasteiger partial charge in [-0.05, 0) is 42.5 Å². The third kappa shape index (κ3) is 2.06. The molecule has 0 bridgehead atoms. The van der Waals surface area contributed by atoms with Gasteiger partial charge in [0.25, 0.3) is 17.5 Å². The van der Waals surface area contributed by atoms with E-state index in [9.17, 15) is 24.8 Å². The molecule has 3 aromatic carbocycles. The van der Waals surface area contributed by atoms with E-state index in [-0.39, 0.29) is 28.0 Å². The summed E-state index contributed by atoms with van der Waals surface area (Å²) < 4.78 is 0. The van der Waals surface area contributed by atoms with E-state index < -0.39 is 16.7 Å². The fourth-order valence-electron chi connectivity index (χ4n) is 3.08. The molecule has 1 aliphatic rings. The molecule has 2 amide bonds. The molecule has 0 saturated carbocycles. The van der Waals surface area contributed by atoms with Crippen LogP contribution in [-0.2, 0) is 0 Å². The largest absolute Gasteiger partial charge is 0.508 e. The van der Waals surface area contributed by atoms with Crippen LogP contribution >= 0.6 is 0 Å². The van der Waals surface area contributed by atoms with E-state index in [0.717, 1.165) is 4.90 Å². The molecule has 0 unspecified atom stereocenters. The number of phenols is 1. The van der Waals surface area contributed by atoms with Crippen molar-refractivity contribution in [3.05, 3.63) is 75.8 Å². The Labute approximate surface area is 140 Å². The molecule has 0 saturated heterocycles. The first-order valence-electron chi connectivity index (χ1n) is 7.37. The number of rotatable bonds is 2. The summed E-state index contributed by atoms with van der Waals surface area (Å²) in [5.74, 6) is -1.11. The number of hydrogen-bond acceptors (Lipinski definition) is 5. The number of carbonyl (C=O) groups excluding carboxylic acids is 2. The van der Waals surface area contributed by atoms with Gasteiger partial charge in [0.1, 0.15) is 5.75 Å². The fraction of sp³-hybridized carbons (Fsp3) is 0. The van der Waals surface area contributed by atoms with Crippen LogP contribution in [0, 0.1) is 10.1 Å². The van der Waals surface area contributed by atoms with Crippen molar-refractivity contribution in [1.29, 1.82) is 0 Å². The molecular formula is C18H10N2O5. The zero-order valence-electron chi connectivity index (χ0n) is 12.7. The molecule has 0 aromatic heterocycles. The second kappa shape index (κ2) is 5.13. The van der Waals surface area contributed by atoms with Gasteiger partial charge in [0.2, 0.25) is 0 Å². The van der Waals surface area contributed by atoms with Gasteiger partial charge in [-0.3, -0.25) is 19.7 Å². The first kappa shape index (κ1) is 14.8. The van der Waals surface area contributed by atoms with Crippen molar-refractivity contribution in [3.63, 3.8) is 0 Å². The van der Waals surface area contributed by atoms with Crippen LogP contribution in [0.3, 0.4) is 0 Å². The number of imide groups is 1. The highest BCUT2D eigenvalue weighted by atomic mass is 16.6. The Hall–Kier alpha value is -3.74. The van der Waals surface area contributed by atoms with Crippen LogP contribution in [0.1, 0.15) is 20.7 Å².